The molecule has 2 aromatic carbocycles. The molecule has 0 aliphatic rings. The highest BCUT2D eigenvalue weighted by atomic mass is 35.5. The lowest BCUT2D eigenvalue weighted by atomic mass is 10.1. The largest absolute Gasteiger partial charge is 0.380 e. The highest BCUT2D eigenvalue weighted by Gasteiger charge is 2.05. The summed E-state index contributed by atoms with van der Waals surface area (Å²) in [7, 11) is 0. The molecule has 1 heterocycles. The SMILES string of the molecule is Cc1cccc(CNc2ccc(Cl)c3ncccc23)c1. The van der Waals surface area contributed by atoms with Gasteiger partial charge in [0.1, 0.15) is 0 Å². The van der Waals surface area contributed by atoms with E-state index in [2.05, 4.69) is 41.5 Å². The van der Waals surface area contributed by atoms with E-state index in [9.17, 15) is 0 Å². The zero-order valence-corrected chi connectivity index (χ0v) is 12.0. The minimum atomic E-state index is 0.682. The van der Waals surface area contributed by atoms with Gasteiger partial charge in [0.05, 0.1) is 10.5 Å². The van der Waals surface area contributed by atoms with Gasteiger partial charge in [0.25, 0.3) is 0 Å². The Labute approximate surface area is 123 Å². The zero-order valence-electron chi connectivity index (χ0n) is 11.2. The number of aryl methyl sites for hydroxylation is 1. The van der Waals surface area contributed by atoms with Crippen LogP contribution in [0.1, 0.15) is 11.1 Å². The third-order valence-electron chi connectivity index (χ3n) is 3.29. The maximum absolute atomic E-state index is 6.18. The number of anilines is 1. The number of aromatic nitrogens is 1. The number of fused-ring (bicyclic) bond motifs is 1. The monoisotopic (exact) mass is 282 g/mol. The van der Waals surface area contributed by atoms with E-state index < -0.39 is 0 Å². The van der Waals surface area contributed by atoms with E-state index in [1.54, 1.807) is 6.20 Å². The molecule has 1 aromatic heterocycles. The summed E-state index contributed by atoms with van der Waals surface area (Å²) in [4.78, 5) is 4.34. The molecule has 2 nitrogen and oxygen atoms in total. The minimum absolute atomic E-state index is 0.682. The predicted molar refractivity (Wildman–Crippen MR) is 85.3 cm³/mol. The van der Waals surface area contributed by atoms with Gasteiger partial charge in [-0.05, 0) is 36.8 Å². The van der Waals surface area contributed by atoms with Gasteiger partial charge in [0.15, 0.2) is 0 Å². The molecule has 0 amide bonds. The number of pyridine rings is 1. The van der Waals surface area contributed by atoms with Gasteiger partial charge in [0, 0.05) is 23.8 Å². The molecule has 0 aliphatic heterocycles. The van der Waals surface area contributed by atoms with E-state index in [4.69, 9.17) is 11.6 Å². The molecule has 3 rings (SSSR count). The van der Waals surface area contributed by atoms with E-state index in [1.807, 2.05) is 24.3 Å². The standard InChI is InChI=1S/C17H15ClN2/c1-12-4-2-5-13(10-12)11-20-16-8-7-15(18)17-14(16)6-3-9-19-17/h2-10,20H,11H2,1H3. The van der Waals surface area contributed by atoms with Crippen molar-refractivity contribution >= 4 is 28.2 Å². The van der Waals surface area contributed by atoms with Gasteiger partial charge < -0.3 is 5.32 Å². The van der Waals surface area contributed by atoms with Crippen molar-refractivity contribution in [1.82, 2.24) is 4.98 Å². The number of hydrogen-bond acceptors (Lipinski definition) is 2. The van der Waals surface area contributed by atoms with Gasteiger partial charge in [-0.3, -0.25) is 4.98 Å². The van der Waals surface area contributed by atoms with Crippen LogP contribution in [0.25, 0.3) is 10.9 Å². The van der Waals surface area contributed by atoms with E-state index in [0.717, 1.165) is 23.1 Å². The fourth-order valence-corrected chi connectivity index (χ4v) is 2.53. The predicted octanol–water partition coefficient (Wildman–Crippen LogP) is 4.81. The zero-order chi connectivity index (χ0) is 13.9. The summed E-state index contributed by atoms with van der Waals surface area (Å²) in [5.41, 5.74) is 4.42. The van der Waals surface area contributed by atoms with Crippen LogP contribution in [0, 0.1) is 6.92 Å². The third kappa shape index (κ3) is 2.61. The van der Waals surface area contributed by atoms with Gasteiger partial charge in [-0.1, -0.05) is 41.4 Å². The molecule has 1 N–H and O–H groups in total. The summed E-state index contributed by atoms with van der Waals surface area (Å²) < 4.78 is 0. The molecule has 0 bridgehead atoms. The van der Waals surface area contributed by atoms with Gasteiger partial charge in [-0.15, -0.1) is 0 Å². The second-order valence-corrected chi connectivity index (χ2v) is 5.24. The van der Waals surface area contributed by atoms with Crippen LogP contribution in [-0.2, 0) is 6.54 Å². The molecular formula is C17H15ClN2. The first-order valence-corrected chi connectivity index (χ1v) is 6.94. The summed E-state index contributed by atoms with van der Waals surface area (Å²) in [5.74, 6) is 0. The lowest BCUT2D eigenvalue weighted by Gasteiger charge is -2.10. The van der Waals surface area contributed by atoms with Gasteiger partial charge in [0.2, 0.25) is 0 Å². The molecule has 0 saturated heterocycles. The summed E-state index contributed by atoms with van der Waals surface area (Å²) >= 11 is 6.18. The molecule has 0 aliphatic carbocycles. The highest BCUT2D eigenvalue weighted by molar-refractivity contribution is 6.35. The van der Waals surface area contributed by atoms with Crippen molar-refractivity contribution in [1.29, 1.82) is 0 Å². The fourth-order valence-electron chi connectivity index (χ4n) is 2.31. The molecule has 20 heavy (non-hydrogen) atoms. The second-order valence-electron chi connectivity index (χ2n) is 4.84. The van der Waals surface area contributed by atoms with Crippen LogP contribution >= 0.6 is 11.6 Å². The van der Waals surface area contributed by atoms with Crippen LogP contribution in [0.15, 0.2) is 54.7 Å². The van der Waals surface area contributed by atoms with Crippen LogP contribution in [0.4, 0.5) is 5.69 Å². The van der Waals surface area contributed by atoms with Crippen molar-refractivity contribution in [3.8, 4) is 0 Å². The fraction of sp³-hybridized carbons (Fsp3) is 0.118. The number of benzene rings is 2. The van der Waals surface area contributed by atoms with Crippen LogP contribution in [0.5, 0.6) is 0 Å². The molecular weight excluding hydrogens is 268 g/mol. The maximum Gasteiger partial charge on any atom is 0.0908 e. The Morgan fingerprint density at radius 3 is 2.85 bits per heavy atom. The average molecular weight is 283 g/mol. The third-order valence-corrected chi connectivity index (χ3v) is 3.59. The molecule has 0 saturated carbocycles. The Hall–Kier alpha value is -2.06. The number of nitrogens with zero attached hydrogens (tertiary/aromatic N) is 1. The summed E-state index contributed by atoms with van der Waals surface area (Å²) in [6.07, 6.45) is 1.76. The van der Waals surface area contributed by atoms with Crippen molar-refractivity contribution in [2.75, 3.05) is 5.32 Å². The topological polar surface area (TPSA) is 24.9 Å². The molecule has 100 valence electrons. The van der Waals surface area contributed by atoms with E-state index in [1.165, 1.54) is 11.1 Å². The quantitative estimate of drug-likeness (QED) is 0.746. The van der Waals surface area contributed by atoms with Gasteiger partial charge >= 0.3 is 0 Å². The van der Waals surface area contributed by atoms with Gasteiger partial charge in [-0.25, -0.2) is 0 Å². The highest BCUT2D eigenvalue weighted by Crippen LogP contribution is 2.28. The van der Waals surface area contributed by atoms with Crippen LogP contribution < -0.4 is 5.32 Å². The van der Waals surface area contributed by atoms with Crippen molar-refractivity contribution in [2.24, 2.45) is 0 Å². The van der Waals surface area contributed by atoms with E-state index in [0.29, 0.717) is 5.02 Å². The van der Waals surface area contributed by atoms with E-state index >= 15 is 0 Å². The number of hydrogen-bond donors (Lipinski definition) is 1. The summed E-state index contributed by atoms with van der Waals surface area (Å²) in [6, 6.07) is 16.3. The minimum Gasteiger partial charge on any atom is -0.380 e. The van der Waals surface area contributed by atoms with Gasteiger partial charge in [-0.2, -0.15) is 0 Å². The Balaban J connectivity index is 1.90. The van der Waals surface area contributed by atoms with Crippen molar-refractivity contribution < 1.29 is 0 Å². The number of nitrogens with one attached hydrogen (secondary N) is 1. The molecule has 0 radical (unpaired) electrons. The number of halogens is 1. The first-order chi connectivity index (χ1) is 9.74. The first kappa shape index (κ1) is 12.9. The molecule has 0 fully saturated rings. The molecule has 0 spiro atoms. The maximum atomic E-state index is 6.18. The normalized spacial score (nSPS) is 10.7. The average Bonchev–Trinajstić information content (AvgIpc) is 2.47. The van der Waals surface area contributed by atoms with E-state index in [-0.39, 0.29) is 0 Å². The molecule has 0 atom stereocenters. The van der Waals surface area contributed by atoms with Crippen LogP contribution in [0.3, 0.4) is 0 Å². The van der Waals surface area contributed by atoms with Crippen molar-refractivity contribution in [3.63, 3.8) is 0 Å². The Morgan fingerprint density at radius 2 is 2.00 bits per heavy atom. The van der Waals surface area contributed by atoms with Crippen LogP contribution in [0.2, 0.25) is 5.02 Å². The lowest BCUT2D eigenvalue weighted by Crippen LogP contribution is -2.00. The van der Waals surface area contributed by atoms with Crippen molar-refractivity contribution in [2.45, 2.75) is 13.5 Å². The second kappa shape index (κ2) is 5.51. The van der Waals surface area contributed by atoms with Crippen molar-refractivity contribution in [3.05, 3.63) is 70.9 Å². The molecule has 3 aromatic rings. The molecule has 0 unspecified atom stereocenters. The summed E-state index contributed by atoms with van der Waals surface area (Å²) in [6.45, 7) is 2.89. The summed E-state index contributed by atoms with van der Waals surface area (Å²) in [5, 5.41) is 5.19. The smallest absolute Gasteiger partial charge is 0.0908 e. The lowest BCUT2D eigenvalue weighted by molar-refractivity contribution is 1.14. The Bertz CT molecular complexity index is 753. The van der Waals surface area contributed by atoms with Crippen LogP contribution in [-0.4, -0.2) is 4.98 Å². The Kier molecular flexibility index (Phi) is 3.57. The molecule has 3 heteroatoms. The Morgan fingerprint density at radius 1 is 1.10 bits per heavy atom. The first-order valence-electron chi connectivity index (χ1n) is 6.57. The number of rotatable bonds is 3.